The lowest BCUT2D eigenvalue weighted by Gasteiger charge is -2.40. The van der Waals surface area contributed by atoms with Crippen molar-refractivity contribution in [1.29, 1.82) is 0 Å². The van der Waals surface area contributed by atoms with Crippen LogP contribution in [0, 0.1) is 5.92 Å². The van der Waals surface area contributed by atoms with E-state index in [9.17, 15) is 4.79 Å². The molecule has 0 aliphatic carbocycles. The van der Waals surface area contributed by atoms with E-state index in [1.54, 1.807) is 6.92 Å². The lowest BCUT2D eigenvalue weighted by atomic mass is 9.94. The Labute approximate surface area is 197 Å². The van der Waals surface area contributed by atoms with Crippen LogP contribution in [-0.2, 0) is 28.5 Å². The summed E-state index contributed by atoms with van der Waals surface area (Å²) in [5, 5.41) is 0. The molecule has 190 valence electrons. The molecule has 0 bridgehead atoms. The van der Waals surface area contributed by atoms with E-state index in [1.807, 2.05) is 0 Å². The van der Waals surface area contributed by atoms with Gasteiger partial charge in [-0.1, -0.05) is 72.8 Å². The molecular weight excluding hydrogens is 408 g/mol. The second kappa shape index (κ2) is 20.6. The molecule has 0 fully saturated rings. The Balaban J connectivity index is 5.14. The Kier molecular flexibility index (Phi) is 20.0. The van der Waals surface area contributed by atoms with Crippen LogP contribution in [0.1, 0.15) is 105 Å². The van der Waals surface area contributed by atoms with Gasteiger partial charge in [0, 0.05) is 11.5 Å². The predicted octanol–water partition coefficient (Wildman–Crippen LogP) is 6.77. The maximum absolute atomic E-state index is 11.5. The van der Waals surface area contributed by atoms with Gasteiger partial charge in [0.1, 0.15) is 0 Å². The first-order valence-electron chi connectivity index (χ1n) is 12.8. The summed E-state index contributed by atoms with van der Waals surface area (Å²) in [6.45, 7) is 15.8. The maximum Gasteiger partial charge on any atom is 0.335 e. The van der Waals surface area contributed by atoms with E-state index in [2.05, 4.69) is 34.3 Å². The quantitative estimate of drug-likeness (QED) is 0.0728. The molecule has 0 N–H and O–H groups in total. The van der Waals surface area contributed by atoms with Crippen LogP contribution in [0.2, 0.25) is 0 Å². The summed E-state index contributed by atoms with van der Waals surface area (Å²) in [7, 11) is 0. The third-order valence-corrected chi connectivity index (χ3v) is 5.16. The standard InChI is InChI=1S/C26H50O6/c1-7-11-12-13-14-15-16-24(17-21-28-22-29-25(27)23(5)6)26(30-18-8-2,31-19-9-3)32-20-10-4/h24H,5,7-22H2,1-4,6H3. The second-order valence-corrected chi connectivity index (χ2v) is 8.43. The minimum absolute atomic E-state index is 0.0372. The van der Waals surface area contributed by atoms with Crippen molar-refractivity contribution in [3.05, 3.63) is 12.2 Å². The number of esters is 1. The summed E-state index contributed by atoms with van der Waals surface area (Å²) in [4.78, 5) is 11.5. The highest BCUT2D eigenvalue weighted by atomic mass is 16.9. The van der Waals surface area contributed by atoms with Crippen LogP contribution < -0.4 is 0 Å². The number of ether oxygens (including phenoxy) is 5. The first kappa shape index (κ1) is 31.0. The second-order valence-electron chi connectivity index (χ2n) is 8.43. The Morgan fingerprint density at radius 1 is 0.750 bits per heavy atom. The van der Waals surface area contributed by atoms with Crippen molar-refractivity contribution in [3.63, 3.8) is 0 Å². The average Bonchev–Trinajstić information content (AvgIpc) is 2.79. The summed E-state index contributed by atoms with van der Waals surface area (Å²) in [5.41, 5.74) is 0.363. The van der Waals surface area contributed by atoms with Crippen molar-refractivity contribution in [3.8, 4) is 0 Å². The van der Waals surface area contributed by atoms with E-state index in [4.69, 9.17) is 23.7 Å². The highest BCUT2D eigenvalue weighted by Gasteiger charge is 2.42. The summed E-state index contributed by atoms with van der Waals surface area (Å²) in [6, 6.07) is 0. The van der Waals surface area contributed by atoms with Gasteiger partial charge in [-0.05, 0) is 39.0 Å². The molecular formula is C26H50O6. The lowest BCUT2D eigenvalue weighted by Crippen LogP contribution is -2.47. The Morgan fingerprint density at radius 3 is 1.78 bits per heavy atom. The molecule has 6 heteroatoms. The fraction of sp³-hybridized carbons (Fsp3) is 0.885. The fourth-order valence-electron chi connectivity index (χ4n) is 3.38. The van der Waals surface area contributed by atoms with Gasteiger partial charge in [0.15, 0.2) is 6.79 Å². The molecule has 0 heterocycles. The molecule has 32 heavy (non-hydrogen) atoms. The molecule has 0 aromatic heterocycles. The normalized spacial score (nSPS) is 12.7. The SMILES string of the molecule is C=C(C)C(=O)OCOCCC(CCCCCCCC)C(OCCC)(OCCC)OCCC. The van der Waals surface area contributed by atoms with E-state index in [1.165, 1.54) is 32.1 Å². The molecule has 0 saturated carbocycles. The van der Waals surface area contributed by atoms with E-state index >= 15 is 0 Å². The number of hydrogen-bond donors (Lipinski definition) is 0. The fourth-order valence-corrected chi connectivity index (χ4v) is 3.38. The minimum atomic E-state index is -1.05. The summed E-state index contributed by atoms with van der Waals surface area (Å²) in [6.07, 6.45) is 11.7. The van der Waals surface area contributed by atoms with Crippen molar-refractivity contribution < 1.29 is 28.5 Å². The molecule has 0 amide bonds. The van der Waals surface area contributed by atoms with E-state index in [-0.39, 0.29) is 12.7 Å². The highest BCUT2D eigenvalue weighted by Crippen LogP contribution is 2.34. The van der Waals surface area contributed by atoms with Crippen LogP contribution in [-0.4, -0.2) is 45.2 Å². The van der Waals surface area contributed by atoms with Gasteiger partial charge in [0.25, 0.3) is 5.97 Å². The third kappa shape index (κ3) is 14.2. The highest BCUT2D eigenvalue weighted by molar-refractivity contribution is 5.86. The smallest absolute Gasteiger partial charge is 0.335 e. The van der Waals surface area contributed by atoms with E-state index < -0.39 is 11.9 Å². The van der Waals surface area contributed by atoms with Crippen LogP contribution in [0.25, 0.3) is 0 Å². The average molecular weight is 459 g/mol. The number of rotatable bonds is 23. The first-order chi connectivity index (χ1) is 15.5. The molecule has 0 aromatic rings. The van der Waals surface area contributed by atoms with Crippen molar-refractivity contribution in [2.24, 2.45) is 5.92 Å². The summed E-state index contributed by atoms with van der Waals surface area (Å²) >= 11 is 0. The van der Waals surface area contributed by atoms with Gasteiger partial charge in [0.05, 0.1) is 26.4 Å². The van der Waals surface area contributed by atoms with Crippen LogP contribution >= 0.6 is 0 Å². The monoisotopic (exact) mass is 458 g/mol. The number of unbranched alkanes of at least 4 members (excludes halogenated alkanes) is 5. The molecule has 1 atom stereocenters. The van der Waals surface area contributed by atoms with Crippen molar-refractivity contribution in [1.82, 2.24) is 0 Å². The van der Waals surface area contributed by atoms with Crippen molar-refractivity contribution >= 4 is 5.97 Å². The molecule has 6 nitrogen and oxygen atoms in total. The van der Waals surface area contributed by atoms with Crippen LogP contribution in [0.3, 0.4) is 0 Å². The topological polar surface area (TPSA) is 63.2 Å². The molecule has 0 aromatic carbocycles. The lowest BCUT2D eigenvalue weighted by molar-refractivity contribution is -0.407. The zero-order valence-corrected chi connectivity index (χ0v) is 21.5. The Morgan fingerprint density at radius 2 is 1.28 bits per heavy atom. The van der Waals surface area contributed by atoms with Crippen LogP contribution in [0.4, 0.5) is 0 Å². The first-order valence-corrected chi connectivity index (χ1v) is 12.8. The van der Waals surface area contributed by atoms with Crippen molar-refractivity contribution in [2.45, 2.75) is 111 Å². The number of carbonyl (C=O) groups excluding carboxylic acids is 1. The van der Waals surface area contributed by atoms with Gasteiger partial charge in [0.2, 0.25) is 0 Å². The van der Waals surface area contributed by atoms with Gasteiger partial charge in [-0.25, -0.2) is 4.79 Å². The Bertz CT molecular complexity index is 443. The van der Waals surface area contributed by atoms with Gasteiger partial charge >= 0.3 is 5.97 Å². The predicted molar refractivity (Wildman–Crippen MR) is 129 cm³/mol. The van der Waals surface area contributed by atoms with Crippen molar-refractivity contribution in [2.75, 3.05) is 33.2 Å². The van der Waals surface area contributed by atoms with Gasteiger partial charge in [-0.3, -0.25) is 0 Å². The molecule has 0 rings (SSSR count). The van der Waals surface area contributed by atoms with Crippen LogP contribution in [0.15, 0.2) is 12.2 Å². The number of carbonyl (C=O) groups is 1. The minimum Gasteiger partial charge on any atom is -0.435 e. The van der Waals surface area contributed by atoms with Gasteiger partial charge in [-0.2, -0.15) is 0 Å². The molecule has 0 spiro atoms. The van der Waals surface area contributed by atoms with E-state index in [0.717, 1.165) is 32.1 Å². The van der Waals surface area contributed by atoms with Gasteiger partial charge in [-0.15, -0.1) is 0 Å². The zero-order valence-electron chi connectivity index (χ0n) is 21.5. The molecule has 0 aliphatic heterocycles. The van der Waals surface area contributed by atoms with E-state index in [0.29, 0.717) is 38.4 Å². The molecule has 0 aliphatic rings. The summed E-state index contributed by atoms with van der Waals surface area (Å²) in [5.74, 6) is -1.45. The third-order valence-electron chi connectivity index (χ3n) is 5.16. The molecule has 1 unspecified atom stereocenters. The molecule has 0 radical (unpaired) electrons. The molecule has 0 saturated heterocycles. The number of hydrogen-bond acceptors (Lipinski definition) is 6. The van der Waals surface area contributed by atoms with Crippen LogP contribution in [0.5, 0.6) is 0 Å². The largest absolute Gasteiger partial charge is 0.435 e. The zero-order chi connectivity index (χ0) is 24.1. The maximum atomic E-state index is 11.5. The Hall–Kier alpha value is -0.950. The summed E-state index contributed by atoms with van der Waals surface area (Å²) < 4.78 is 29.5. The van der Waals surface area contributed by atoms with Gasteiger partial charge < -0.3 is 23.7 Å².